The van der Waals surface area contributed by atoms with E-state index in [2.05, 4.69) is 15.0 Å². The lowest BCUT2D eigenvalue weighted by Crippen LogP contribution is -2.27. The number of imidazole rings is 1. The van der Waals surface area contributed by atoms with Crippen molar-refractivity contribution < 1.29 is 13.7 Å². The zero-order valence-corrected chi connectivity index (χ0v) is 15.6. The quantitative estimate of drug-likeness (QED) is 0.762. The maximum Gasteiger partial charge on any atom is 0.197 e. The fraction of sp³-hybridized carbons (Fsp3) is 0.263. The number of hydrogen-bond acceptors (Lipinski definition) is 5. The molecule has 0 amide bonds. The van der Waals surface area contributed by atoms with Crippen LogP contribution in [0.15, 0.2) is 41.7 Å². The summed E-state index contributed by atoms with van der Waals surface area (Å²) in [7, 11) is 0.269. The molecule has 1 N–H and O–H groups in total. The first kappa shape index (κ1) is 16.8. The van der Waals surface area contributed by atoms with E-state index < -0.39 is 10.8 Å². The number of fused-ring (bicyclic) bond motifs is 2. The van der Waals surface area contributed by atoms with Crippen LogP contribution in [0.5, 0.6) is 11.5 Å². The van der Waals surface area contributed by atoms with Crippen LogP contribution in [0.25, 0.3) is 17.1 Å². The second-order valence-electron chi connectivity index (χ2n) is 6.67. The molecular formula is C19H19N3O3S. The predicted molar refractivity (Wildman–Crippen MR) is 101 cm³/mol. The van der Waals surface area contributed by atoms with Crippen LogP contribution < -0.4 is 9.47 Å². The summed E-state index contributed by atoms with van der Waals surface area (Å²) in [5.74, 6) is 1.74. The number of benzene rings is 1. The molecule has 0 saturated carbocycles. The molecule has 1 atom stereocenters. The first-order valence-corrected chi connectivity index (χ1v) is 9.55. The summed E-state index contributed by atoms with van der Waals surface area (Å²) < 4.78 is 23.9. The van der Waals surface area contributed by atoms with Gasteiger partial charge in [0.1, 0.15) is 17.1 Å². The van der Waals surface area contributed by atoms with Gasteiger partial charge in [0.2, 0.25) is 0 Å². The second kappa shape index (κ2) is 6.25. The van der Waals surface area contributed by atoms with Crippen molar-refractivity contribution in [2.45, 2.75) is 30.4 Å². The van der Waals surface area contributed by atoms with E-state index >= 15 is 0 Å². The van der Waals surface area contributed by atoms with E-state index in [0.29, 0.717) is 10.9 Å². The highest BCUT2D eigenvalue weighted by atomic mass is 32.2. The first-order valence-electron chi connectivity index (χ1n) is 8.23. The van der Waals surface area contributed by atoms with Gasteiger partial charge in [-0.15, -0.1) is 0 Å². The first-order chi connectivity index (χ1) is 12.4. The Morgan fingerprint density at radius 2 is 2.15 bits per heavy atom. The Balaban J connectivity index is 1.58. The summed E-state index contributed by atoms with van der Waals surface area (Å²) in [5, 5.41) is 0.425. The van der Waals surface area contributed by atoms with Crippen molar-refractivity contribution in [3.63, 3.8) is 0 Å². The summed E-state index contributed by atoms with van der Waals surface area (Å²) in [4.78, 5) is 11.9. The van der Waals surface area contributed by atoms with E-state index in [9.17, 15) is 4.21 Å². The van der Waals surface area contributed by atoms with Crippen LogP contribution in [0, 0.1) is 0 Å². The SMILES string of the molecule is COc1ccc2nc(S(=O)Cc3cc4c(cn3)C=CC(C)(C)O4)[nH]c2c1. The van der Waals surface area contributed by atoms with Crippen molar-refractivity contribution in [1.82, 2.24) is 15.0 Å². The zero-order valence-electron chi connectivity index (χ0n) is 14.8. The van der Waals surface area contributed by atoms with Gasteiger partial charge >= 0.3 is 0 Å². The molecule has 134 valence electrons. The van der Waals surface area contributed by atoms with Gasteiger partial charge in [-0.25, -0.2) is 4.98 Å². The van der Waals surface area contributed by atoms with Gasteiger partial charge in [0.25, 0.3) is 0 Å². The zero-order chi connectivity index (χ0) is 18.3. The van der Waals surface area contributed by atoms with E-state index in [1.165, 1.54) is 0 Å². The Kier molecular flexibility index (Phi) is 4.03. The van der Waals surface area contributed by atoms with E-state index in [1.54, 1.807) is 13.3 Å². The number of rotatable bonds is 4. The number of aromatic amines is 1. The van der Waals surface area contributed by atoms with Gasteiger partial charge < -0.3 is 14.5 Å². The van der Waals surface area contributed by atoms with Crippen molar-refractivity contribution in [1.29, 1.82) is 0 Å². The van der Waals surface area contributed by atoms with Gasteiger partial charge in [-0.1, -0.05) is 0 Å². The molecule has 1 aliphatic rings. The molecule has 0 bridgehead atoms. The minimum Gasteiger partial charge on any atom is -0.497 e. The van der Waals surface area contributed by atoms with Gasteiger partial charge in [0.15, 0.2) is 5.16 Å². The molecule has 3 heterocycles. The molecule has 2 aromatic heterocycles. The Morgan fingerprint density at radius 1 is 1.31 bits per heavy atom. The maximum atomic E-state index is 12.7. The lowest BCUT2D eigenvalue weighted by Gasteiger charge is -2.27. The Morgan fingerprint density at radius 3 is 2.96 bits per heavy atom. The molecule has 0 saturated heterocycles. The molecule has 1 unspecified atom stereocenters. The number of methoxy groups -OCH3 is 1. The highest BCUT2D eigenvalue weighted by Gasteiger charge is 2.22. The summed E-state index contributed by atoms with van der Waals surface area (Å²) >= 11 is 0. The minimum absolute atomic E-state index is 0.262. The number of aromatic nitrogens is 3. The molecule has 6 nitrogen and oxygen atoms in total. The lowest BCUT2D eigenvalue weighted by molar-refractivity contribution is 0.158. The van der Waals surface area contributed by atoms with Gasteiger partial charge in [0.05, 0.1) is 40.4 Å². The number of ether oxygens (including phenoxy) is 2. The largest absolute Gasteiger partial charge is 0.497 e. The number of pyridine rings is 1. The fourth-order valence-corrected chi connectivity index (χ4v) is 3.78. The third kappa shape index (κ3) is 3.22. The molecule has 3 aromatic rings. The van der Waals surface area contributed by atoms with E-state index in [1.807, 2.05) is 50.3 Å². The van der Waals surface area contributed by atoms with Crippen LogP contribution in [0.4, 0.5) is 0 Å². The topological polar surface area (TPSA) is 77.1 Å². The highest BCUT2D eigenvalue weighted by Crippen LogP contribution is 2.31. The average Bonchev–Trinajstić information content (AvgIpc) is 3.04. The standard InChI is InChI=1S/C19H19N3O3S/c1-19(2)7-6-12-10-20-13(8-17(12)25-19)11-26(23)18-21-15-5-4-14(24-3)9-16(15)22-18/h4-10H,11H2,1-3H3,(H,21,22). The second-order valence-corrected chi connectivity index (χ2v) is 8.03. The summed E-state index contributed by atoms with van der Waals surface area (Å²) in [6, 6.07) is 7.35. The van der Waals surface area contributed by atoms with E-state index in [4.69, 9.17) is 9.47 Å². The van der Waals surface area contributed by atoms with Crippen LogP contribution in [0.3, 0.4) is 0 Å². The van der Waals surface area contributed by atoms with Gasteiger partial charge in [-0.2, -0.15) is 0 Å². The molecule has 0 radical (unpaired) electrons. The van der Waals surface area contributed by atoms with E-state index in [0.717, 1.165) is 28.1 Å². The van der Waals surface area contributed by atoms with Gasteiger partial charge in [-0.3, -0.25) is 9.19 Å². The number of H-pyrrole nitrogens is 1. The van der Waals surface area contributed by atoms with Crippen molar-refractivity contribution in [3.8, 4) is 11.5 Å². The molecule has 7 heteroatoms. The van der Waals surface area contributed by atoms with Crippen molar-refractivity contribution in [2.75, 3.05) is 7.11 Å². The van der Waals surface area contributed by atoms with Crippen LogP contribution in [-0.4, -0.2) is 31.9 Å². The third-order valence-electron chi connectivity index (χ3n) is 4.15. The predicted octanol–water partition coefficient (Wildman–Crippen LogP) is 3.46. The Hall–Kier alpha value is -2.67. The highest BCUT2D eigenvalue weighted by molar-refractivity contribution is 7.84. The van der Waals surface area contributed by atoms with Gasteiger partial charge in [0, 0.05) is 23.9 Å². The van der Waals surface area contributed by atoms with Crippen LogP contribution >= 0.6 is 0 Å². The minimum atomic E-state index is -1.34. The lowest BCUT2D eigenvalue weighted by atomic mass is 10.0. The van der Waals surface area contributed by atoms with Crippen LogP contribution in [0.2, 0.25) is 0 Å². The maximum absolute atomic E-state index is 12.7. The molecule has 0 spiro atoms. The van der Waals surface area contributed by atoms with Gasteiger partial charge in [-0.05, 0) is 38.1 Å². The Labute approximate surface area is 153 Å². The molecule has 0 fully saturated rings. The smallest absolute Gasteiger partial charge is 0.197 e. The Bertz CT molecular complexity index is 1040. The summed E-state index contributed by atoms with van der Waals surface area (Å²) in [6.45, 7) is 3.99. The van der Waals surface area contributed by atoms with E-state index in [-0.39, 0.29) is 11.4 Å². The summed E-state index contributed by atoms with van der Waals surface area (Å²) in [6.07, 6.45) is 5.74. The van der Waals surface area contributed by atoms with Crippen molar-refractivity contribution in [2.24, 2.45) is 0 Å². The monoisotopic (exact) mass is 369 g/mol. The van der Waals surface area contributed by atoms with Crippen molar-refractivity contribution in [3.05, 3.63) is 47.8 Å². The molecule has 4 rings (SSSR count). The van der Waals surface area contributed by atoms with Crippen LogP contribution in [-0.2, 0) is 16.6 Å². The van der Waals surface area contributed by atoms with Crippen molar-refractivity contribution >= 4 is 27.9 Å². The molecule has 1 aliphatic heterocycles. The molecular weight excluding hydrogens is 350 g/mol. The number of hydrogen-bond donors (Lipinski definition) is 1. The average molecular weight is 369 g/mol. The number of nitrogens with one attached hydrogen (secondary N) is 1. The third-order valence-corrected chi connectivity index (χ3v) is 5.33. The molecule has 1 aromatic carbocycles. The molecule has 0 aliphatic carbocycles. The van der Waals surface area contributed by atoms with Crippen LogP contribution in [0.1, 0.15) is 25.1 Å². The summed E-state index contributed by atoms with van der Waals surface area (Å²) in [5.41, 5.74) is 2.81. The number of nitrogens with zero attached hydrogens (tertiary/aromatic N) is 2. The molecule has 26 heavy (non-hydrogen) atoms. The fourth-order valence-electron chi connectivity index (χ4n) is 2.79. The normalized spacial score (nSPS) is 16.1.